The molecule has 0 unspecified atom stereocenters. The Bertz CT molecular complexity index is 1240. The highest BCUT2D eigenvalue weighted by molar-refractivity contribution is 5.97. The second-order valence-electron chi connectivity index (χ2n) is 6.77. The van der Waals surface area contributed by atoms with Crippen LogP contribution in [0.5, 0.6) is 5.75 Å². The Labute approximate surface area is 181 Å². The molecule has 0 radical (unpaired) electrons. The quantitative estimate of drug-likeness (QED) is 0.633. The molecule has 32 heavy (non-hydrogen) atoms. The number of aromatic carboxylic acids is 1. The van der Waals surface area contributed by atoms with Gasteiger partial charge in [-0.05, 0) is 25.1 Å². The number of ether oxygens (including phenoxy) is 1. The predicted octanol–water partition coefficient (Wildman–Crippen LogP) is 2.62. The second-order valence-corrected chi connectivity index (χ2v) is 6.77. The molecule has 0 spiro atoms. The van der Waals surface area contributed by atoms with Crippen molar-refractivity contribution in [1.82, 2.24) is 15.2 Å². The molecule has 1 aliphatic heterocycles. The van der Waals surface area contributed by atoms with E-state index in [1.165, 1.54) is 12.3 Å². The number of methoxy groups -OCH3 is 1. The molecule has 0 fully saturated rings. The van der Waals surface area contributed by atoms with E-state index in [4.69, 9.17) is 4.74 Å². The molecule has 2 heterocycles. The number of carboxylic acid groups (broad SMARTS) is 1. The fraction of sp³-hybridized carbons (Fsp3) is 0.136. The topological polar surface area (TPSA) is 110 Å². The van der Waals surface area contributed by atoms with E-state index in [2.05, 4.69) is 10.6 Å². The fourth-order valence-corrected chi connectivity index (χ4v) is 3.01. The monoisotopic (exact) mass is 443 g/mol. The first-order chi connectivity index (χ1) is 15.2. The van der Waals surface area contributed by atoms with Gasteiger partial charge in [0.15, 0.2) is 11.4 Å². The van der Waals surface area contributed by atoms with Crippen LogP contribution in [0, 0.1) is 11.6 Å². The summed E-state index contributed by atoms with van der Waals surface area (Å²) in [6.07, 6.45) is 7.56. The van der Waals surface area contributed by atoms with E-state index in [1.54, 1.807) is 25.2 Å². The van der Waals surface area contributed by atoms with Crippen molar-refractivity contribution >= 4 is 17.6 Å². The fourth-order valence-electron chi connectivity index (χ4n) is 3.01. The normalized spacial score (nSPS) is 12.9. The number of amides is 1. The summed E-state index contributed by atoms with van der Waals surface area (Å²) in [5.41, 5.74) is -0.741. The number of halogens is 2. The van der Waals surface area contributed by atoms with Gasteiger partial charge in [-0.25, -0.2) is 13.6 Å². The van der Waals surface area contributed by atoms with E-state index in [0.717, 1.165) is 29.6 Å². The average molecular weight is 443 g/mol. The largest absolute Gasteiger partial charge is 0.491 e. The SMILES string of the molecule is COc1c(C(=O)O)n(C2=CNC(C)=CC=C2)cc(C(=O)NCc2ccc(F)cc2F)c1=O. The lowest BCUT2D eigenvalue weighted by Crippen LogP contribution is -2.32. The first-order valence-electron chi connectivity index (χ1n) is 9.34. The number of hydrogen-bond donors (Lipinski definition) is 3. The van der Waals surface area contributed by atoms with Gasteiger partial charge in [-0.15, -0.1) is 0 Å². The molecule has 0 aliphatic carbocycles. The van der Waals surface area contributed by atoms with Crippen molar-refractivity contribution in [1.29, 1.82) is 0 Å². The molecule has 1 aromatic carbocycles. The summed E-state index contributed by atoms with van der Waals surface area (Å²) in [7, 11) is 1.12. The summed E-state index contributed by atoms with van der Waals surface area (Å²) >= 11 is 0. The molecule has 0 saturated carbocycles. The molecule has 10 heteroatoms. The predicted molar refractivity (Wildman–Crippen MR) is 112 cm³/mol. The third-order valence-corrected chi connectivity index (χ3v) is 4.61. The molecule has 8 nitrogen and oxygen atoms in total. The zero-order chi connectivity index (χ0) is 23.4. The number of carbonyl (C=O) groups excluding carboxylic acids is 1. The molecule has 0 saturated heterocycles. The number of benzene rings is 1. The van der Waals surface area contributed by atoms with Gasteiger partial charge in [0.05, 0.1) is 12.8 Å². The maximum absolute atomic E-state index is 13.9. The molecule has 1 aliphatic rings. The van der Waals surface area contributed by atoms with Gasteiger partial charge < -0.3 is 25.0 Å². The van der Waals surface area contributed by atoms with Crippen molar-refractivity contribution in [2.75, 3.05) is 7.11 Å². The Morgan fingerprint density at radius 2 is 2.03 bits per heavy atom. The van der Waals surface area contributed by atoms with E-state index < -0.39 is 45.9 Å². The number of nitrogens with zero attached hydrogens (tertiary/aromatic N) is 1. The zero-order valence-electron chi connectivity index (χ0n) is 17.1. The van der Waals surface area contributed by atoms with Gasteiger partial charge in [0.1, 0.15) is 17.2 Å². The van der Waals surface area contributed by atoms with Crippen LogP contribution in [0.25, 0.3) is 5.70 Å². The summed E-state index contributed by atoms with van der Waals surface area (Å²) in [5.74, 6) is -4.49. The van der Waals surface area contributed by atoms with E-state index >= 15 is 0 Å². The third kappa shape index (κ3) is 4.59. The van der Waals surface area contributed by atoms with Crippen LogP contribution in [0.2, 0.25) is 0 Å². The minimum Gasteiger partial charge on any atom is -0.491 e. The van der Waals surface area contributed by atoms with Crippen LogP contribution in [0.15, 0.2) is 59.3 Å². The highest BCUT2D eigenvalue weighted by Crippen LogP contribution is 2.21. The molecule has 1 aromatic heterocycles. The zero-order valence-corrected chi connectivity index (χ0v) is 17.1. The Kier molecular flexibility index (Phi) is 6.53. The van der Waals surface area contributed by atoms with Crippen LogP contribution < -0.4 is 20.8 Å². The summed E-state index contributed by atoms with van der Waals surface area (Å²) < 4.78 is 33.1. The number of aromatic nitrogens is 1. The van der Waals surface area contributed by atoms with Gasteiger partial charge in [0.2, 0.25) is 5.43 Å². The Morgan fingerprint density at radius 1 is 1.28 bits per heavy atom. The molecule has 166 valence electrons. The van der Waals surface area contributed by atoms with Gasteiger partial charge in [0, 0.05) is 36.3 Å². The molecule has 0 bridgehead atoms. The van der Waals surface area contributed by atoms with Gasteiger partial charge in [-0.2, -0.15) is 0 Å². The van der Waals surface area contributed by atoms with Gasteiger partial charge in [-0.3, -0.25) is 9.59 Å². The van der Waals surface area contributed by atoms with Crippen LogP contribution >= 0.6 is 0 Å². The van der Waals surface area contributed by atoms with Crippen molar-refractivity contribution < 1.29 is 28.2 Å². The average Bonchev–Trinajstić information content (AvgIpc) is 2.96. The van der Waals surface area contributed by atoms with Crippen LogP contribution in [0.4, 0.5) is 8.78 Å². The second kappa shape index (κ2) is 9.29. The number of hydrogen-bond acceptors (Lipinski definition) is 5. The maximum Gasteiger partial charge on any atom is 0.356 e. The lowest BCUT2D eigenvalue weighted by atomic mass is 10.1. The number of carbonyl (C=O) groups is 2. The molecular formula is C22H19F2N3O5. The van der Waals surface area contributed by atoms with E-state index in [9.17, 15) is 28.3 Å². The van der Waals surface area contributed by atoms with Crippen molar-refractivity contribution in [2.24, 2.45) is 0 Å². The van der Waals surface area contributed by atoms with Gasteiger partial charge in [0.25, 0.3) is 5.91 Å². The number of rotatable bonds is 6. The van der Waals surface area contributed by atoms with E-state index in [0.29, 0.717) is 11.8 Å². The van der Waals surface area contributed by atoms with Crippen molar-refractivity contribution in [2.45, 2.75) is 13.5 Å². The van der Waals surface area contributed by atoms with Crippen LogP contribution in [0.3, 0.4) is 0 Å². The Hall–Kier alpha value is -4.21. The minimum absolute atomic E-state index is 0.00866. The molecule has 0 atom stereocenters. The highest BCUT2D eigenvalue weighted by Gasteiger charge is 2.26. The first-order valence-corrected chi connectivity index (χ1v) is 9.34. The summed E-state index contributed by atoms with van der Waals surface area (Å²) in [6.45, 7) is 1.47. The number of allylic oxidation sites excluding steroid dienone is 5. The van der Waals surface area contributed by atoms with Gasteiger partial charge in [-0.1, -0.05) is 12.1 Å². The molecule has 1 amide bonds. The summed E-state index contributed by atoms with van der Waals surface area (Å²) in [4.78, 5) is 37.4. The highest BCUT2D eigenvalue weighted by atomic mass is 19.1. The summed E-state index contributed by atoms with van der Waals surface area (Å²) in [6, 6.07) is 2.88. The molecule has 2 aromatic rings. The van der Waals surface area contributed by atoms with Crippen LogP contribution in [0.1, 0.15) is 33.3 Å². The number of carboxylic acids is 1. The first kappa shape index (κ1) is 22.5. The minimum atomic E-state index is -1.44. The number of pyridine rings is 1. The lowest BCUT2D eigenvalue weighted by molar-refractivity contribution is 0.0682. The molecule has 3 rings (SSSR count). The van der Waals surface area contributed by atoms with E-state index in [1.807, 2.05) is 0 Å². The number of nitrogens with one attached hydrogen (secondary N) is 2. The Balaban J connectivity index is 2.05. The van der Waals surface area contributed by atoms with Crippen LogP contribution in [-0.2, 0) is 6.54 Å². The van der Waals surface area contributed by atoms with Crippen molar-refractivity contribution in [3.05, 3.63) is 93.2 Å². The molecule has 3 N–H and O–H groups in total. The maximum atomic E-state index is 13.9. The van der Waals surface area contributed by atoms with Crippen molar-refractivity contribution in [3.8, 4) is 5.75 Å². The lowest BCUT2D eigenvalue weighted by Gasteiger charge is -2.17. The van der Waals surface area contributed by atoms with Gasteiger partial charge >= 0.3 is 5.97 Å². The molecular weight excluding hydrogens is 424 g/mol. The Morgan fingerprint density at radius 3 is 2.69 bits per heavy atom. The standard InChI is InChI=1S/C22H19F2N3O5/c1-12-4-3-5-15(10-25-12)27-11-16(19(28)20(32-2)18(27)22(30)31)21(29)26-9-13-6-7-14(23)8-17(13)24/h3-8,10-11,25H,9H2,1-2H3,(H,26,29)(H,30,31). The summed E-state index contributed by atoms with van der Waals surface area (Å²) in [5, 5.41) is 15.0. The third-order valence-electron chi connectivity index (χ3n) is 4.61. The van der Waals surface area contributed by atoms with E-state index in [-0.39, 0.29) is 12.1 Å². The van der Waals surface area contributed by atoms with Crippen LogP contribution in [-0.4, -0.2) is 28.7 Å². The smallest absolute Gasteiger partial charge is 0.356 e. The van der Waals surface area contributed by atoms with Crippen molar-refractivity contribution in [3.63, 3.8) is 0 Å².